The molecule has 2 aliphatic heterocycles. The lowest BCUT2D eigenvalue weighted by Gasteiger charge is -2.44. The summed E-state index contributed by atoms with van der Waals surface area (Å²) in [6.07, 6.45) is -0.179. The van der Waals surface area contributed by atoms with E-state index in [4.69, 9.17) is 0 Å². The summed E-state index contributed by atoms with van der Waals surface area (Å²) in [6.45, 7) is 12.9. The molecule has 2 fully saturated rings. The fraction of sp³-hybridized carbons (Fsp3) is 1.00. The Morgan fingerprint density at radius 3 is 2.12 bits per heavy atom. The maximum absolute atomic E-state index is 9.85. The van der Waals surface area contributed by atoms with E-state index < -0.39 is 0 Å². The summed E-state index contributed by atoms with van der Waals surface area (Å²) in [5.41, 5.74) is 0.276. The van der Waals surface area contributed by atoms with Crippen molar-refractivity contribution < 1.29 is 5.11 Å². The van der Waals surface area contributed by atoms with E-state index in [9.17, 15) is 5.11 Å². The monoisotopic (exact) mass is 227 g/mol. The van der Waals surface area contributed by atoms with Crippen LogP contribution in [0.1, 0.15) is 20.8 Å². The Kier molecular flexibility index (Phi) is 3.54. The van der Waals surface area contributed by atoms with Crippen LogP contribution in [0.25, 0.3) is 0 Å². The molecule has 2 atom stereocenters. The molecule has 0 radical (unpaired) electrons. The second-order valence-electron chi connectivity index (χ2n) is 5.99. The number of nitrogens with zero attached hydrogens (tertiary/aromatic N) is 2. The maximum Gasteiger partial charge on any atom is 0.0831 e. The molecule has 0 aromatic carbocycles. The van der Waals surface area contributed by atoms with Gasteiger partial charge < -0.3 is 10.4 Å². The van der Waals surface area contributed by atoms with Crippen LogP contribution in [0.2, 0.25) is 0 Å². The predicted octanol–water partition coefficient (Wildman–Crippen LogP) is -0.265. The van der Waals surface area contributed by atoms with Crippen molar-refractivity contribution in [3.8, 4) is 0 Å². The van der Waals surface area contributed by atoms with Gasteiger partial charge >= 0.3 is 0 Å². The number of aliphatic hydroxyl groups is 1. The first-order valence-electron chi connectivity index (χ1n) is 6.36. The first-order valence-corrected chi connectivity index (χ1v) is 6.36. The van der Waals surface area contributed by atoms with Crippen LogP contribution in [-0.2, 0) is 0 Å². The van der Waals surface area contributed by atoms with E-state index in [2.05, 4.69) is 35.9 Å². The van der Waals surface area contributed by atoms with Crippen molar-refractivity contribution in [3.05, 3.63) is 0 Å². The highest BCUT2D eigenvalue weighted by Crippen LogP contribution is 2.18. The molecule has 0 amide bonds. The van der Waals surface area contributed by atoms with Gasteiger partial charge in [-0.15, -0.1) is 0 Å². The third-order valence-electron chi connectivity index (χ3n) is 3.88. The summed E-state index contributed by atoms with van der Waals surface area (Å²) in [7, 11) is 0. The van der Waals surface area contributed by atoms with Crippen LogP contribution in [0.3, 0.4) is 0 Å². The van der Waals surface area contributed by atoms with E-state index in [0.29, 0.717) is 6.04 Å². The summed E-state index contributed by atoms with van der Waals surface area (Å²) in [5.74, 6) is 0. The van der Waals surface area contributed by atoms with Gasteiger partial charge in [-0.05, 0) is 20.8 Å². The van der Waals surface area contributed by atoms with Crippen molar-refractivity contribution in [1.29, 1.82) is 0 Å². The molecule has 4 heteroatoms. The smallest absolute Gasteiger partial charge is 0.0831 e. The number of nitrogens with one attached hydrogen (secondary N) is 1. The molecule has 0 aromatic rings. The van der Waals surface area contributed by atoms with Crippen LogP contribution in [0, 0.1) is 0 Å². The molecule has 2 rings (SSSR count). The Balaban J connectivity index is 1.85. The summed E-state index contributed by atoms with van der Waals surface area (Å²) in [5, 5.41) is 13.1. The number of β-amino-alcohol motifs (C(OH)–C–C–N with tert-alkyl or cyclic N) is 1. The first kappa shape index (κ1) is 12.3. The maximum atomic E-state index is 9.85. The van der Waals surface area contributed by atoms with Gasteiger partial charge in [-0.3, -0.25) is 9.80 Å². The van der Waals surface area contributed by atoms with Crippen molar-refractivity contribution >= 4 is 0 Å². The normalized spacial score (nSPS) is 34.5. The van der Waals surface area contributed by atoms with Crippen LogP contribution in [0.5, 0.6) is 0 Å². The highest BCUT2D eigenvalue weighted by molar-refractivity contribution is 4.92. The van der Waals surface area contributed by atoms with E-state index in [0.717, 1.165) is 39.3 Å². The van der Waals surface area contributed by atoms with Crippen LogP contribution in [-0.4, -0.2) is 71.9 Å². The van der Waals surface area contributed by atoms with Gasteiger partial charge in [0.15, 0.2) is 0 Å². The third-order valence-corrected chi connectivity index (χ3v) is 3.88. The van der Waals surface area contributed by atoms with Crippen molar-refractivity contribution in [3.63, 3.8) is 0 Å². The van der Waals surface area contributed by atoms with Gasteiger partial charge in [-0.1, -0.05) is 0 Å². The van der Waals surface area contributed by atoms with Gasteiger partial charge in [0.1, 0.15) is 0 Å². The van der Waals surface area contributed by atoms with Gasteiger partial charge in [0, 0.05) is 50.8 Å². The molecule has 2 aliphatic rings. The lowest BCUT2D eigenvalue weighted by molar-refractivity contribution is 0.0155. The molecular formula is C12H25N3O. The largest absolute Gasteiger partial charge is 0.390 e. The minimum Gasteiger partial charge on any atom is -0.390 e. The van der Waals surface area contributed by atoms with E-state index >= 15 is 0 Å². The summed E-state index contributed by atoms with van der Waals surface area (Å²) >= 11 is 0. The molecule has 94 valence electrons. The first-order chi connectivity index (χ1) is 7.48. The van der Waals surface area contributed by atoms with E-state index in [1.165, 1.54) is 0 Å². The van der Waals surface area contributed by atoms with Gasteiger partial charge in [-0.25, -0.2) is 0 Å². The van der Waals surface area contributed by atoms with Gasteiger partial charge in [0.2, 0.25) is 0 Å². The van der Waals surface area contributed by atoms with Crippen molar-refractivity contribution in [1.82, 2.24) is 15.1 Å². The van der Waals surface area contributed by atoms with Gasteiger partial charge in [0.05, 0.1) is 6.10 Å². The molecule has 2 unspecified atom stereocenters. The Morgan fingerprint density at radius 1 is 1.06 bits per heavy atom. The Hall–Kier alpha value is -0.160. The highest BCUT2D eigenvalue weighted by Gasteiger charge is 2.34. The summed E-state index contributed by atoms with van der Waals surface area (Å²) in [6, 6.07) is 0.335. The number of aliphatic hydroxyl groups excluding tert-OH is 1. The quantitative estimate of drug-likeness (QED) is 0.647. The van der Waals surface area contributed by atoms with Crippen LogP contribution < -0.4 is 5.32 Å². The SMILES string of the molecule is CC(C)(C)N1CCN(C2CNCC2O)CC1. The second-order valence-corrected chi connectivity index (χ2v) is 5.99. The van der Waals surface area contributed by atoms with E-state index in [1.54, 1.807) is 0 Å². The van der Waals surface area contributed by atoms with Crippen molar-refractivity contribution in [2.75, 3.05) is 39.3 Å². The zero-order valence-electron chi connectivity index (χ0n) is 10.7. The van der Waals surface area contributed by atoms with Crippen LogP contribution in [0.15, 0.2) is 0 Å². The fourth-order valence-electron chi connectivity index (χ4n) is 2.75. The number of hydrogen-bond donors (Lipinski definition) is 2. The molecule has 4 nitrogen and oxygen atoms in total. The highest BCUT2D eigenvalue weighted by atomic mass is 16.3. The van der Waals surface area contributed by atoms with Crippen LogP contribution >= 0.6 is 0 Å². The summed E-state index contributed by atoms with van der Waals surface area (Å²) in [4.78, 5) is 4.96. The van der Waals surface area contributed by atoms with E-state index in [-0.39, 0.29) is 11.6 Å². The second kappa shape index (κ2) is 4.61. The minimum absolute atomic E-state index is 0.179. The molecule has 0 saturated carbocycles. The Morgan fingerprint density at radius 2 is 1.69 bits per heavy atom. The third kappa shape index (κ3) is 2.56. The van der Waals surface area contributed by atoms with Gasteiger partial charge in [-0.2, -0.15) is 0 Å². The van der Waals surface area contributed by atoms with Gasteiger partial charge in [0.25, 0.3) is 0 Å². The Labute approximate surface area is 98.6 Å². The topological polar surface area (TPSA) is 38.7 Å². The molecule has 2 saturated heterocycles. The zero-order valence-corrected chi connectivity index (χ0v) is 10.7. The lowest BCUT2D eigenvalue weighted by atomic mass is 10.0. The zero-order chi connectivity index (χ0) is 11.8. The minimum atomic E-state index is -0.179. The number of piperazine rings is 1. The van der Waals surface area contributed by atoms with Crippen LogP contribution in [0.4, 0.5) is 0 Å². The molecule has 0 aliphatic carbocycles. The van der Waals surface area contributed by atoms with Crippen molar-refractivity contribution in [2.45, 2.75) is 38.5 Å². The molecule has 0 spiro atoms. The molecular weight excluding hydrogens is 202 g/mol. The molecule has 2 N–H and O–H groups in total. The average molecular weight is 227 g/mol. The summed E-state index contributed by atoms with van der Waals surface area (Å²) < 4.78 is 0. The lowest BCUT2D eigenvalue weighted by Crippen LogP contribution is -2.57. The Bertz CT molecular complexity index is 231. The van der Waals surface area contributed by atoms with Crippen molar-refractivity contribution in [2.24, 2.45) is 0 Å². The molecule has 0 bridgehead atoms. The number of rotatable bonds is 1. The average Bonchev–Trinajstić information content (AvgIpc) is 2.63. The standard InChI is InChI=1S/C12H25N3O/c1-12(2,3)15-6-4-14(5-7-15)10-8-13-9-11(10)16/h10-11,13,16H,4-9H2,1-3H3. The number of hydrogen-bond acceptors (Lipinski definition) is 4. The molecule has 0 aromatic heterocycles. The fourth-order valence-corrected chi connectivity index (χ4v) is 2.75. The molecule has 16 heavy (non-hydrogen) atoms. The van der Waals surface area contributed by atoms with E-state index in [1.807, 2.05) is 0 Å². The predicted molar refractivity (Wildman–Crippen MR) is 65.6 cm³/mol. The molecule has 2 heterocycles.